The molecule has 0 saturated carbocycles. The minimum Gasteiger partial charge on any atom is -0.389 e. The minimum absolute atomic E-state index is 0.0354. The number of aliphatic hydroxyl groups is 1. The predicted molar refractivity (Wildman–Crippen MR) is 97.9 cm³/mol. The van der Waals surface area contributed by atoms with E-state index in [-0.39, 0.29) is 12.4 Å². The third-order valence-electron chi connectivity index (χ3n) is 4.99. The topological polar surface area (TPSA) is 43.8 Å². The Bertz CT molecular complexity index is 480. The van der Waals surface area contributed by atoms with Crippen molar-refractivity contribution >= 4 is 5.78 Å². The van der Waals surface area contributed by atoms with Gasteiger partial charge >= 0.3 is 0 Å². The van der Waals surface area contributed by atoms with Crippen molar-refractivity contribution < 1.29 is 9.90 Å². The van der Waals surface area contributed by atoms with Crippen molar-refractivity contribution in [2.75, 3.05) is 26.2 Å². The maximum absolute atomic E-state index is 11.1. The number of nitrogens with zero attached hydrogens (tertiary/aromatic N) is 2. The molecule has 1 heterocycles. The van der Waals surface area contributed by atoms with Crippen LogP contribution < -0.4 is 0 Å². The van der Waals surface area contributed by atoms with Gasteiger partial charge in [-0.05, 0) is 38.8 Å². The first-order chi connectivity index (χ1) is 11.6. The molecule has 1 aliphatic heterocycles. The van der Waals surface area contributed by atoms with Crippen LogP contribution in [0, 0.1) is 0 Å². The average Bonchev–Trinajstić information content (AvgIpc) is 2.58. The summed E-state index contributed by atoms with van der Waals surface area (Å²) in [4.78, 5) is 16.2. The molecule has 1 aliphatic rings. The molecule has 4 nitrogen and oxygen atoms in total. The fourth-order valence-corrected chi connectivity index (χ4v) is 3.67. The van der Waals surface area contributed by atoms with Crippen LogP contribution in [0.2, 0.25) is 0 Å². The summed E-state index contributed by atoms with van der Waals surface area (Å²) < 4.78 is 0. The number of hydrogen-bond acceptors (Lipinski definition) is 4. The lowest BCUT2D eigenvalue weighted by molar-refractivity contribution is -0.121. The van der Waals surface area contributed by atoms with Gasteiger partial charge in [-0.1, -0.05) is 36.8 Å². The van der Waals surface area contributed by atoms with E-state index in [1.54, 1.807) is 0 Å². The lowest BCUT2D eigenvalue weighted by atomic mass is 10.0. The van der Waals surface area contributed by atoms with Crippen molar-refractivity contribution in [1.82, 2.24) is 9.80 Å². The first-order valence-corrected chi connectivity index (χ1v) is 9.24. The van der Waals surface area contributed by atoms with Gasteiger partial charge in [0, 0.05) is 38.1 Å². The molecule has 24 heavy (non-hydrogen) atoms. The van der Waals surface area contributed by atoms with Crippen molar-refractivity contribution in [3.05, 3.63) is 35.9 Å². The maximum atomic E-state index is 11.1. The lowest BCUT2D eigenvalue weighted by Gasteiger charge is -2.44. The normalized spacial score (nSPS) is 22.6. The highest BCUT2D eigenvalue weighted by Crippen LogP contribution is 2.19. The molecule has 0 spiro atoms. The van der Waals surface area contributed by atoms with Gasteiger partial charge in [-0.15, -0.1) is 0 Å². The van der Waals surface area contributed by atoms with E-state index in [2.05, 4.69) is 54.0 Å². The molecule has 0 amide bonds. The van der Waals surface area contributed by atoms with Gasteiger partial charge in [0.2, 0.25) is 0 Å². The van der Waals surface area contributed by atoms with Crippen molar-refractivity contribution in [2.45, 2.75) is 58.2 Å². The zero-order valence-corrected chi connectivity index (χ0v) is 15.2. The van der Waals surface area contributed by atoms with Gasteiger partial charge in [0.1, 0.15) is 6.61 Å². The number of carbonyl (C=O) groups is 1. The van der Waals surface area contributed by atoms with E-state index in [0.717, 1.165) is 45.4 Å². The highest BCUT2D eigenvalue weighted by molar-refractivity contribution is 5.79. The summed E-state index contributed by atoms with van der Waals surface area (Å²) in [5, 5.41) is 8.72. The zero-order chi connectivity index (χ0) is 17.4. The van der Waals surface area contributed by atoms with E-state index < -0.39 is 0 Å². The fraction of sp³-hybridized carbons (Fsp3) is 0.650. The molecule has 134 valence electrons. The Morgan fingerprint density at radius 2 is 1.75 bits per heavy atom. The van der Waals surface area contributed by atoms with E-state index in [1.807, 2.05) is 0 Å². The van der Waals surface area contributed by atoms with Crippen molar-refractivity contribution in [2.24, 2.45) is 0 Å². The lowest BCUT2D eigenvalue weighted by Crippen LogP contribution is -2.56. The molecule has 1 saturated heterocycles. The molecule has 1 N–H and O–H groups in total. The standard InChI is InChI=1S/C20H32N2O2/c1-17-13-21(12-8-4-7-11-20(24)16-23)14-18(2)22(17)15-19-9-5-3-6-10-19/h3,5-6,9-10,17-18,23H,4,7-8,11-16H2,1-2H3/t17-,18+. The van der Waals surface area contributed by atoms with Gasteiger partial charge in [-0.3, -0.25) is 9.69 Å². The second kappa shape index (κ2) is 9.92. The number of piperazine rings is 1. The molecular weight excluding hydrogens is 300 g/mol. The van der Waals surface area contributed by atoms with Crippen LogP contribution in [0.1, 0.15) is 45.1 Å². The maximum Gasteiger partial charge on any atom is 0.158 e. The summed E-state index contributed by atoms with van der Waals surface area (Å²) in [6.45, 7) is 8.72. The number of aliphatic hydroxyl groups excluding tert-OH is 1. The molecule has 0 unspecified atom stereocenters. The van der Waals surface area contributed by atoms with Crippen molar-refractivity contribution in [1.29, 1.82) is 0 Å². The SMILES string of the molecule is C[C@@H]1CN(CCCCCC(=O)CO)C[C@H](C)N1Cc1ccccc1. The number of ketones is 1. The molecule has 1 aromatic carbocycles. The highest BCUT2D eigenvalue weighted by atomic mass is 16.3. The van der Waals surface area contributed by atoms with E-state index in [9.17, 15) is 4.79 Å². The summed E-state index contributed by atoms with van der Waals surface area (Å²) in [5.74, 6) is -0.0354. The van der Waals surface area contributed by atoms with E-state index in [4.69, 9.17) is 5.11 Å². The summed E-state index contributed by atoms with van der Waals surface area (Å²) in [5.41, 5.74) is 1.39. The third-order valence-corrected chi connectivity index (χ3v) is 4.99. The number of benzene rings is 1. The first-order valence-electron chi connectivity index (χ1n) is 9.24. The van der Waals surface area contributed by atoms with E-state index >= 15 is 0 Å². The Hall–Kier alpha value is -1.23. The predicted octanol–water partition coefficient (Wildman–Crippen LogP) is 2.70. The molecule has 0 aromatic heterocycles. The fourth-order valence-electron chi connectivity index (χ4n) is 3.67. The number of carbonyl (C=O) groups excluding carboxylic acids is 1. The highest BCUT2D eigenvalue weighted by Gasteiger charge is 2.28. The van der Waals surface area contributed by atoms with Crippen LogP contribution >= 0.6 is 0 Å². The molecule has 4 heteroatoms. The molecule has 1 aromatic rings. The van der Waals surface area contributed by atoms with Gasteiger partial charge < -0.3 is 10.0 Å². The number of unbranched alkanes of at least 4 members (excludes halogenated alkanes) is 2. The Morgan fingerprint density at radius 3 is 2.38 bits per heavy atom. The smallest absolute Gasteiger partial charge is 0.158 e. The summed E-state index contributed by atoms with van der Waals surface area (Å²) in [7, 11) is 0. The molecule has 2 atom stereocenters. The first kappa shape index (κ1) is 19.1. The zero-order valence-electron chi connectivity index (χ0n) is 15.2. The van der Waals surface area contributed by atoms with Gasteiger partial charge in [0.15, 0.2) is 5.78 Å². The van der Waals surface area contributed by atoms with Crippen molar-refractivity contribution in [3.63, 3.8) is 0 Å². The van der Waals surface area contributed by atoms with Crippen LogP contribution in [0.15, 0.2) is 30.3 Å². The summed E-state index contributed by atoms with van der Waals surface area (Å²) >= 11 is 0. The van der Waals surface area contributed by atoms with Crippen LogP contribution in [-0.2, 0) is 11.3 Å². The largest absolute Gasteiger partial charge is 0.389 e. The third kappa shape index (κ3) is 6.00. The van der Waals surface area contributed by atoms with Crippen LogP contribution in [0.5, 0.6) is 0 Å². The molecule has 2 rings (SSSR count). The minimum atomic E-state index is -0.307. The molecule has 0 radical (unpaired) electrons. The van der Waals surface area contributed by atoms with Crippen LogP contribution in [0.3, 0.4) is 0 Å². The Morgan fingerprint density at radius 1 is 1.08 bits per heavy atom. The second-order valence-electron chi connectivity index (χ2n) is 7.12. The van der Waals surface area contributed by atoms with Crippen LogP contribution in [-0.4, -0.2) is 59.0 Å². The number of rotatable bonds is 9. The second-order valence-corrected chi connectivity index (χ2v) is 7.12. The van der Waals surface area contributed by atoms with Gasteiger partial charge in [-0.2, -0.15) is 0 Å². The molecule has 1 fully saturated rings. The number of hydrogen-bond donors (Lipinski definition) is 1. The Balaban J connectivity index is 1.71. The Kier molecular flexibility index (Phi) is 7.89. The van der Waals surface area contributed by atoms with Gasteiger partial charge in [0.25, 0.3) is 0 Å². The van der Waals surface area contributed by atoms with Crippen LogP contribution in [0.25, 0.3) is 0 Å². The van der Waals surface area contributed by atoms with E-state index in [0.29, 0.717) is 18.5 Å². The molecule has 0 bridgehead atoms. The van der Waals surface area contributed by atoms with Gasteiger partial charge in [-0.25, -0.2) is 0 Å². The Labute approximate surface area is 146 Å². The van der Waals surface area contributed by atoms with Crippen LogP contribution in [0.4, 0.5) is 0 Å². The van der Waals surface area contributed by atoms with Gasteiger partial charge in [0.05, 0.1) is 0 Å². The summed E-state index contributed by atoms with van der Waals surface area (Å²) in [6.07, 6.45) is 3.63. The summed E-state index contributed by atoms with van der Waals surface area (Å²) in [6, 6.07) is 11.8. The number of Topliss-reactive ketones (excluding diaryl/α,β-unsaturated/α-hetero) is 1. The molecule has 0 aliphatic carbocycles. The average molecular weight is 332 g/mol. The van der Waals surface area contributed by atoms with Crippen molar-refractivity contribution in [3.8, 4) is 0 Å². The monoisotopic (exact) mass is 332 g/mol. The molecular formula is C20H32N2O2. The van der Waals surface area contributed by atoms with E-state index in [1.165, 1.54) is 5.56 Å². The quantitative estimate of drug-likeness (QED) is 0.706.